The van der Waals surface area contributed by atoms with Gasteiger partial charge in [0, 0.05) is 13.3 Å². The number of hydrogen-bond acceptors (Lipinski definition) is 2. The Morgan fingerprint density at radius 3 is 2.20 bits per heavy atom. The van der Waals surface area contributed by atoms with E-state index in [-0.39, 0.29) is 0 Å². The maximum absolute atomic E-state index is 8.19. The third kappa shape index (κ3) is 6.69. The Morgan fingerprint density at radius 1 is 1.00 bits per heavy atom. The molecule has 0 saturated carbocycles. The Kier molecular flexibility index (Phi) is 6.68. The van der Waals surface area contributed by atoms with Crippen LogP contribution in [-0.2, 0) is 0 Å². The Balaban J connectivity index is 3.51. The van der Waals surface area contributed by atoms with Crippen molar-refractivity contribution in [1.82, 2.24) is 0 Å². The van der Waals surface area contributed by atoms with Gasteiger partial charge >= 0.3 is 0 Å². The summed E-state index contributed by atoms with van der Waals surface area (Å²) < 4.78 is 0. The lowest BCUT2D eigenvalue weighted by Gasteiger charge is -1.71. The van der Waals surface area contributed by atoms with E-state index in [1.165, 1.54) is 6.08 Å². The van der Waals surface area contributed by atoms with E-state index < -0.39 is 0 Å². The number of aliphatic hydroxyl groups excluding tert-OH is 1. The smallest absolute Gasteiger partial charge is 0.0791 e. The molecule has 0 unspecified atom stereocenters. The quantitative estimate of drug-likeness (QED) is 0.359. The van der Waals surface area contributed by atoms with Gasteiger partial charge in [0.05, 0.1) is 6.26 Å². The zero-order valence-electron chi connectivity index (χ0n) is 5.94. The molecule has 0 saturated heterocycles. The van der Waals surface area contributed by atoms with Gasteiger partial charge in [0.25, 0.3) is 0 Å². The zero-order chi connectivity index (χ0) is 7.66. The van der Waals surface area contributed by atoms with Crippen LogP contribution in [0.25, 0.3) is 0 Å². The Bertz CT molecular complexity index is 146. The summed E-state index contributed by atoms with van der Waals surface area (Å²) in [4.78, 5) is 3.74. The van der Waals surface area contributed by atoms with Crippen molar-refractivity contribution in [2.24, 2.45) is 4.99 Å². The molecule has 0 aromatic carbocycles. The molecule has 0 aliphatic carbocycles. The van der Waals surface area contributed by atoms with Gasteiger partial charge in [-0.25, -0.2) is 0 Å². The molecule has 0 aromatic heterocycles. The highest BCUT2D eigenvalue weighted by atomic mass is 16.2. The van der Waals surface area contributed by atoms with E-state index in [2.05, 4.69) is 4.99 Å². The molecule has 0 fully saturated rings. The largest absolute Gasteiger partial charge is 0.516 e. The molecule has 0 amide bonds. The summed E-state index contributed by atoms with van der Waals surface area (Å²) in [6.45, 7) is 0. The van der Waals surface area contributed by atoms with Crippen LogP contribution in [0.4, 0.5) is 0 Å². The van der Waals surface area contributed by atoms with E-state index in [1.54, 1.807) is 25.4 Å². The maximum atomic E-state index is 8.19. The van der Waals surface area contributed by atoms with Crippen LogP contribution in [0.15, 0.2) is 41.6 Å². The standard InChI is InChI=1S/C8H11NO/c1-9-7-5-3-2-4-6-8-10/h2-8,10H,1H3/b4-2+,5-3+,8-6-,9-7-. The lowest BCUT2D eigenvalue weighted by Crippen LogP contribution is -1.59. The number of rotatable bonds is 3. The predicted molar refractivity (Wildman–Crippen MR) is 44.5 cm³/mol. The maximum Gasteiger partial charge on any atom is 0.0791 e. The molecule has 10 heavy (non-hydrogen) atoms. The molecule has 0 bridgehead atoms. The van der Waals surface area contributed by atoms with Crippen LogP contribution in [0.5, 0.6) is 0 Å². The minimum absolute atomic E-state index is 0.984. The highest BCUT2D eigenvalue weighted by Gasteiger charge is 1.59. The van der Waals surface area contributed by atoms with Crippen molar-refractivity contribution in [3.8, 4) is 0 Å². The summed E-state index contributed by atoms with van der Waals surface area (Å²) in [5.41, 5.74) is 0. The van der Waals surface area contributed by atoms with Gasteiger partial charge in [-0.3, -0.25) is 4.99 Å². The van der Waals surface area contributed by atoms with Crippen molar-refractivity contribution in [1.29, 1.82) is 0 Å². The van der Waals surface area contributed by atoms with Crippen LogP contribution < -0.4 is 0 Å². The van der Waals surface area contributed by atoms with E-state index in [0.717, 1.165) is 6.26 Å². The van der Waals surface area contributed by atoms with E-state index in [0.29, 0.717) is 0 Å². The number of aliphatic hydroxyl groups is 1. The summed E-state index contributed by atoms with van der Waals surface area (Å²) in [5.74, 6) is 0. The van der Waals surface area contributed by atoms with Crippen LogP contribution >= 0.6 is 0 Å². The first-order valence-electron chi connectivity index (χ1n) is 2.96. The Hall–Kier alpha value is -1.31. The first-order valence-corrected chi connectivity index (χ1v) is 2.96. The molecule has 0 heterocycles. The van der Waals surface area contributed by atoms with E-state index in [9.17, 15) is 0 Å². The topological polar surface area (TPSA) is 32.6 Å². The lowest BCUT2D eigenvalue weighted by atomic mass is 10.4. The van der Waals surface area contributed by atoms with Gasteiger partial charge in [-0.15, -0.1) is 0 Å². The second-order valence-corrected chi connectivity index (χ2v) is 1.52. The molecular formula is C8H11NO. The summed E-state index contributed by atoms with van der Waals surface area (Å²) in [5, 5.41) is 8.19. The molecule has 0 aliphatic rings. The van der Waals surface area contributed by atoms with Gasteiger partial charge in [0.2, 0.25) is 0 Å². The summed E-state index contributed by atoms with van der Waals surface area (Å²) in [6, 6.07) is 0. The van der Waals surface area contributed by atoms with E-state index in [1.807, 2.05) is 12.2 Å². The second-order valence-electron chi connectivity index (χ2n) is 1.52. The monoisotopic (exact) mass is 137 g/mol. The van der Waals surface area contributed by atoms with E-state index >= 15 is 0 Å². The van der Waals surface area contributed by atoms with Crippen molar-refractivity contribution in [3.63, 3.8) is 0 Å². The molecule has 2 nitrogen and oxygen atoms in total. The highest BCUT2D eigenvalue weighted by Crippen LogP contribution is 1.76. The number of allylic oxidation sites excluding steroid dienone is 5. The van der Waals surface area contributed by atoms with Gasteiger partial charge in [0.15, 0.2) is 0 Å². The highest BCUT2D eigenvalue weighted by molar-refractivity contribution is 5.71. The predicted octanol–water partition coefficient (Wildman–Crippen LogP) is 1.87. The fourth-order valence-corrected chi connectivity index (χ4v) is 0.378. The SMILES string of the molecule is C\N=C/C=C/C=C/C=C\O. The van der Waals surface area contributed by atoms with Crippen LogP contribution in [0.2, 0.25) is 0 Å². The Labute approximate surface area is 60.9 Å². The van der Waals surface area contributed by atoms with E-state index in [4.69, 9.17) is 5.11 Å². The molecule has 2 heteroatoms. The van der Waals surface area contributed by atoms with Crippen molar-refractivity contribution >= 4 is 6.21 Å². The molecule has 0 aliphatic heterocycles. The molecule has 54 valence electrons. The summed E-state index contributed by atoms with van der Waals surface area (Å²) in [6.07, 6.45) is 11.4. The molecule has 0 radical (unpaired) electrons. The van der Waals surface area contributed by atoms with Gasteiger partial charge in [0.1, 0.15) is 0 Å². The third-order valence-electron chi connectivity index (χ3n) is 0.766. The van der Waals surface area contributed by atoms with Crippen molar-refractivity contribution < 1.29 is 5.11 Å². The average molecular weight is 137 g/mol. The zero-order valence-corrected chi connectivity index (χ0v) is 5.94. The minimum Gasteiger partial charge on any atom is -0.516 e. The van der Waals surface area contributed by atoms with Gasteiger partial charge in [-0.1, -0.05) is 18.2 Å². The van der Waals surface area contributed by atoms with Crippen LogP contribution in [0.3, 0.4) is 0 Å². The van der Waals surface area contributed by atoms with Gasteiger partial charge < -0.3 is 5.11 Å². The van der Waals surface area contributed by atoms with Crippen LogP contribution in [0.1, 0.15) is 0 Å². The first kappa shape index (κ1) is 8.69. The molecule has 1 N–H and O–H groups in total. The first-order chi connectivity index (χ1) is 4.91. The van der Waals surface area contributed by atoms with Crippen LogP contribution in [0, 0.1) is 0 Å². The normalized spacial score (nSPS) is 13.3. The molecule has 0 rings (SSSR count). The van der Waals surface area contributed by atoms with Crippen LogP contribution in [-0.4, -0.2) is 18.4 Å². The molecule has 0 atom stereocenters. The number of hydrogen-bond donors (Lipinski definition) is 1. The average Bonchev–Trinajstić information content (AvgIpc) is 1.97. The second kappa shape index (κ2) is 7.69. The minimum atomic E-state index is 0.984. The summed E-state index contributed by atoms with van der Waals surface area (Å²) in [7, 11) is 1.71. The molecule has 0 spiro atoms. The van der Waals surface area contributed by atoms with Crippen molar-refractivity contribution in [3.05, 3.63) is 36.6 Å². The van der Waals surface area contributed by atoms with Gasteiger partial charge in [-0.05, 0) is 12.2 Å². The fourth-order valence-electron chi connectivity index (χ4n) is 0.378. The number of nitrogens with zero attached hydrogens (tertiary/aromatic N) is 1. The lowest BCUT2D eigenvalue weighted by molar-refractivity contribution is 0.474. The fraction of sp³-hybridized carbons (Fsp3) is 0.125. The molecular weight excluding hydrogens is 126 g/mol. The Morgan fingerprint density at radius 2 is 1.60 bits per heavy atom. The van der Waals surface area contributed by atoms with Gasteiger partial charge in [-0.2, -0.15) is 0 Å². The number of aliphatic imine (C=N–C) groups is 1. The molecule has 0 aromatic rings. The van der Waals surface area contributed by atoms with Crippen molar-refractivity contribution in [2.45, 2.75) is 0 Å². The summed E-state index contributed by atoms with van der Waals surface area (Å²) >= 11 is 0. The third-order valence-corrected chi connectivity index (χ3v) is 0.766. The van der Waals surface area contributed by atoms with Crippen molar-refractivity contribution in [2.75, 3.05) is 7.05 Å².